The largest absolute Gasteiger partial charge is 0.497 e. The highest BCUT2D eigenvalue weighted by Crippen LogP contribution is 2.32. The van der Waals surface area contributed by atoms with Crippen LogP contribution in [0.1, 0.15) is 26.3 Å². The Hall–Kier alpha value is -3.35. The Bertz CT molecular complexity index is 954. The smallest absolute Gasteiger partial charge is 0.249 e. The van der Waals surface area contributed by atoms with Gasteiger partial charge < -0.3 is 20.1 Å². The van der Waals surface area contributed by atoms with Crippen LogP contribution < -0.4 is 20.1 Å². The molecule has 0 saturated heterocycles. The molecule has 0 unspecified atom stereocenters. The number of methoxy groups -OCH3 is 2. The van der Waals surface area contributed by atoms with E-state index >= 15 is 0 Å². The average Bonchev–Trinajstić information content (AvgIpc) is 2.68. The van der Waals surface area contributed by atoms with Crippen molar-refractivity contribution >= 4 is 23.1 Å². The number of rotatable bonds is 6. The van der Waals surface area contributed by atoms with Crippen LogP contribution in [0.15, 0.2) is 48.7 Å². The Morgan fingerprint density at radius 3 is 2.39 bits per heavy atom. The molecule has 7 heteroatoms. The molecule has 0 radical (unpaired) electrons. The van der Waals surface area contributed by atoms with E-state index in [1.165, 1.54) is 5.56 Å². The number of nitrogens with zero attached hydrogens (tertiary/aromatic N) is 3. The van der Waals surface area contributed by atoms with Crippen LogP contribution in [0.25, 0.3) is 0 Å². The number of nitrogens with one attached hydrogen (secondary N) is 2. The maximum absolute atomic E-state index is 5.42. The highest BCUT2D eigenvalue weighted by Gasteiger charge is 2.18. The van der Waals surface area contributed by atoms with Crippen LogP contribution in [0.2, 0.25) is 0 Å². The minimum absolute atomic E-state index is 0.0106. The summed E-state index contributed by atoms with van der Waals surface area (Å²) in [4.78, 5) is 4.52. The van der Waals surface area contributed by atoms with Crippen molar-refractivity contribution in [1.82, 2.24) is 15.2 Å². The van der Waals surface area contributed by atoms with Gasteiger partial charge in [-0.25, -0.2) is 0 Å². The van der Waals surface area contributed by atoms with Crippen molar-refractivity contribution in [2.24, 2.45) is 0 Å². The zero-order valence-corrected chi connectivity index (χ0v) is 16.8. The second-order valence-corrected chi connectivity index (χ2v) is 7.28. The second kappa shape index (κ2) is 8.12. The molecule has 0 atom stereocenters. The SMILES string of the molecule is COc1ccc(Nc2cnnc(Nc3ccccc3C(C)(C)C)n2)c(OC)c1. The van der Waals surface area contributed by atoms with E-state index in [-0.39, 0.29) is 5.41 Å². The number of para-hydroxylation sites is 1. The quantitative estimate of drug-likeness (QED) is 0.644. The van der Waals surface area contributed by atoms with Gasteiger partial charge in [-0.05, 0) is 29.2 Å². The van der Waals surface area contributed by atoms with Gasteiger partial charge >= 0.3 is 0 Å². The molecule has 0 aliphatic heterocycles. The molecule has 146 valence electrons. The van der Waals surface area contributed by atoms with Crippen molar-refractivity contribution in [2.45, 2.75) is 26.2 Å². The second-order valence-electron chi connectivity index (χ2n) is 7.28. The Labute approximate surface area is 165 Å². The number of ether oxygens (including phenoxy) is 2. The van der Waals surface area contributed by atoms with E-state index in [1.54, 1.807) is 26.5 Å². The van der Waals surface area contributed by atoms with E-state index in [1.807, 2.05) is 30.3 Å². The maximum atomic E-state index is 5.42. The summed E-state index contributed by atoms with van der Waals surface area (Å²) in [5.41, 5.74) is 2.87. The van der Waals surface area contributed by atoms with Crippen molar-refractivity contribution in [3.05, 3.63) is 54.2 Å². The van der Waals surface area contributed by atoms with Crippen LogP contribution >= 0.6 is 0 Å². The minimum Gasteiger partial charge on any atom is -0.497 e. The highest BCUT2D eigenvalue weighted by molar-refractivity contribution is 5.66. The standard InChI is InChI=1S/C21H25N5O2/c1-21(2,3)15-8-6-7-9-16(15)24-20-25-19(13-22-26-20)23-17-11-10-14(27-4)12-18(17)28-5/h6-13H,1-5H3,(H2,23,24,25,26). The molecule has 0 aliphatic carbocycles. The molecule has 0 amide bonds. The predicted octanol–water partition coefficient (Wildman–Crippen LogP) is 4.67. The molecular weight excluding hydrogens is 354 g/mol. The van der Waals surface area contributed by atoms with Crippen LogP contribution in [0.4, 0.5) is 23.1 Å². The summed E-state index contributed by atoms with van der Waals surface area (Å²) in [5.74, 6) is 2.32. The molecule has 3 aromatic rings. The summed E-state index contributed by atoms with van der Waals surface area (Å²) >= 11 is 0. The Kier molecular flexibility index (Phi) is 5.63. The minimum atomic E-state index is -0.0106. The van der Waals surface area contributed by atoms with Crippen molar-refractivity contribution in [1.29, 1.82) is 0 Å². The highest BCUT2D eigenvalue weighted by atomic mass is 16.5. The van der Waals surface area contributed by atoms with E-state index in [9.17, 15) is 0 Å². The van der Waals surface area contributed by atoms with E-state index in [0.29, 0.717) is 23.3 Å². The third-order valence-electron chi connectivity index (χ3n) is 4.21. The molecule has 0 bridgehead atoms. The molecule has 0 aliphatic rings. The number of hydrogen-bond acceptors (Lipinski definition) is 7. The van der Waals surface area contributed by atoms with Gasteiger partial charge in [0.05, 0.1) is 26.1 Å². The van der Waals surface area contributed by atoms with Gasteiger partial charge in [-0.3, -0.25) is 0 Å². The number of anilines is 4. The molecule has 1 aromatic heterocycles. The van der Waals surface area contributed by atoms with E-state index in [0.717, 1.165) is 11.4 Å². The summed E-state index contributed by atoms with van der Waals surface area (Å²) in [6.07, 6.45) is 1.56. The third kappa shape index (κ3) is 4.49. The van der Waals surface area contributed by atoms with Gasteiger partial charge in [0, 0.05) is 11.8 Å². The van der Waals surface area contributed by atoms with Gasteiger partial charge in [-0.1, -0.05) is 39.0 Å². The molecule has 7 nitrogen and oxygen atoms in total. The first kappa shape index (κ1) is 19.4. The van der Waals surface area contributed by atoms with Crippen molar-refractivity contribution in [3.8, 4) is 11.5 Å². The first-order chi connectivity index (χ1) is 13.4. The van der Waals surface area contributed by atoms with Crippen LogP contribution in [0, 0.1) is 0 Å². The predicted molar refractivity (Wildman–Crippen MR) is 111 cm³/mol. The van der Waals surface area contributed by atoms with E-state index < -0.39 is 0 Å². The molecular formula is C21H25N5O2. The first-order valence-electron chi connectivity index (χ1n) is 8.96. The number of hydrogen-bond donors (Lipinski definition) is 2. The summed E-state index contributed by atoms with van der Waals surface area (Å²) in [6, 6.07) is 13.6. The lowest BCUT2D eigenvalue weighted by Gasteiger charge is -2.22. The van der Waals surface area contributed by atoms with Gasteiger partial charge in [0.15, 0.2) is 5.82 Å². The average molecular weight is 379 g/mol. The zero-order valence-electron chi connectivity index (χ0n) is 16.8. The molecule has 3 rings (SSSR count). The van der Waals surface area contributed by atoms with Crippen molar-refractivity contribution in [3.63, 3.8) is 0 Å². The fourth-order valence-electron chi connectivity index (χ4n) is 2.82. The summed E-state index contributed by atoms with van der Waals surface area (Å²) in [5, 5.41) is 14.6. The number of benzene rings is 2. The van der Waals surface area contributed by atoms with Gasteiger partial charge in [-0.2, -0.15) is 10.1 Å². The third-order valence-corrected chi connectivity index (χ3v) is 4.21. The van der Waals surface area contributed by atoms with Crippen molar-refractivity contribution in [2.75, 3.05) is 24.9 Å². The topological polar surface area (TPSA) is 81.2 Å². The van der Waals surface area contributed by atoms with Gasteiger partial charge in [-0.15, -0.1) is 5.10 Å². The molecule has 0 fully saturated rings. The number of aromatic nitrogens is 3. The fourth-order valence-corrected chi connectivity index (χ4v) is 2.82. The molecule has 28 heavy (non-hydrogen) atoms. The summed E-state index contributed by atoms with van der Waals surface area (Å²) < 4.78 is 10.6. The molecule has 2 aromatic carbocycles. The normalized spacial score (nSPS) is 11.0. The van der Waals surface area contributed by atoms with Crippen LogP contribution in [-0.2, 0) is 5.41 Å². The van der Waals surface area contributed by atoms with Gasteiger partial charge in [0.1, 0.15) is 11.5 Å². The zero-order chi connectivity index (χ0) is 20.1. The van der Waals surface area contributed by atoms with Crippen LogP contribution in [0.5, 0.6) is 11.5 Å². The molecule has 0 saturated carbocycles. The maximum Gasteiger partial charge on any atom is 0.249 e. The lowest BCUT2D eigenvalue weighted by molar-refractivity contribution is 0.395. The van der Waals surface area contributed by atoms with E-state index in [4.69, 9.17) is 9.47 Å². The Morgan fingerprint density at radius 1 is 0.893 bits per heavy atom. The molecule has 1 heterocycles. The van der Waals surface area contributed by atoms with Gasteiger partial charge in [0.25, 0.3) is 0 Å². The summed E-state index contributed by atoms with van der Waals surface area (Å²) in [7, 11) is 3.22. The van der Waals surface area contributed by atoms with E-state index in [2.05, 4.69) is 52.7 Å². The van der Waals surface area contributed by atoms with Gasteiger partial charge in [0.2, 0.25) is 5.95 Å². The molecule has 0 spiro atoms. The Morgan fingerprint density at radius 2 is 1.68 bits per heavy atom. The van der Waals surface area contributed by atoms with Crippen LogP contribution in [0.3, 0.4) is 0 Å². The Balaban J connectivity index is 1.85. The lowest BCUT2D eigenvalue weighted by Crippen LogP contribution is -2.14. The monoisotopic (exact) mass is 379 g/mol. The fraction of sp³-hybridized carbons (Fsp3) is 0.286. The summed E-state index contributed by atoms with van der Waals surface area (Å²) in [6.45, 7) is 6.50. The van der Waals surface area contributed by atoms with Crippen LogP contribution in [-0.4, -0.2) is 29.4 Å². The first-order valence-corrected chi connectivity index (χ1v) is 8.96. The molecule has 2 N–H and O–H groups in total. The van der Waals surface area contributed by atoms with Crippen molar-refractivity contribution < 1.29 is 9.47 Å². The lowest BCUT2D eigenvalue weighted by atomic mass is 9.86.